The molecule has 0 aromatic heterocycles. The van der Waals surface area contributed by atoms with E-state index in [1.54, 1.807) is 0 Å². The van der Waals surface area contributed by atoms with Crippen LogP contribution in [0.2, 0.25) is 0 Å². The molecular formula is C22H24N2O3. The highest BCUT2D eigenvalue weighted by Crippen LogP contribution is 2.38. The van der Waals surface area contributed by atoms with Crippen LogP contribution < -0.4 is 10.1 Å². The normalized spacial score (nSPS) is 21.2. The third-order valence-electron chi connectivity index (χ3n) is 5.44. The van der Waals surface area contributed by atoms with E-state index in [2.05, 4.69) is 5.32 Å². The Morgan fingerprint density at radius 2 is 1.93 bits per heavy atom. The monoisotopic (exact) mass is 364 g/mol. The van der Waals surface area contributed by atoms with Crippen molar-refractivity contribution in [1.82, 2.24) is 4.90 Å². The van der Waals surface area contributed by atoms with Crippen LogP contribution in [0, 0.1) is 0 Å². The lowest BCUT2D eigenvalue weighted by Gasteiger charge is -2.44. The molecule has 0 spiro atoms. The SMILES string of the molecule is CCOc1ccc(NC(=O)[C@@H]2c3ccccc3C(=O)N3CCCC[C@@H]23)cc1. The van der Waals surface area contributed by atoms with Gasteiger partial charge in [-0.15, -0.1) is 0 Å². The van der Waals surface area contributed by atoms with Crippen molar-refractivity contribution < 1.29 is 14.3 Å². The molecule has 5 nitrogen and oxygen atoms in total. The van der Waals surface area contributed by atoms with Gasteiger partial charge in [0.1, 0.15) is 5.75 Å². The van der Waals surface area contributed by atoms with Gasteiger partial charge in [-0.1, -0.05) is 18.2 Å². The Morgan fingerprint density at radius 3 is 2.70 bits per heavy atom. The maximum atomic E-state index is 13.2. The fraction of sp³-hybridized carbons (Fsp3) is 0.364. The van der Waals surface area contributed by atoms with Crippen molar-refractivity contribution in [3.05, 3.63) is 59.7 Å². The van der Waals surface area contributed by atoms with E-state index in [0.29, 0.717) is 12.2 Å². The van der Waals surface area contributed by atoms with Crippen molar-refractivity contribution in [2.45, 2.75) is 38.1 Å². The fourth-order valence-electron chi connectivity index (χ4n) is 4.22. The second-order valence-electron chi connectivity index (χ2n) is 7.07. The summed E-state index contributed by atoms with van der Waals surface area (Å²) in [4.78, 5) is 28.0. The predicted octanol–water partition coefficient (Wildman–Crippen LogP) is 3.82. The number of nitrogens with zero attached hydrogens (tertiary/aromatic N) is 1. The standard InChI is InChI=1S/C22H24N2O3/c1-2-27-16-12-10-15(11-13-16)23-21(25)20-17-7-3-4-8-18(17)22(26)24-14-6-5-9-19(20)24/h3-4,7-8,10-13,19-20H,2,5-6,9,14H2,1H3,(H,23,25)/t19-,20+/m0/s1. The van der Waals surface area contributed by atoms with Gasteiger partial charge in [-0.2, -0.15) is 0 Å². The van der Waals surface area contributed by atoms with Crippen LogP contribution in [-0.2, 0) is 4.79 Å². The zero-order valence-corrected chi connectivity index (χ0v) is 15.5. The molecule has 1 saturated heterocycles. The average Bonchev–Trinajstić information content (AvgIpc) is 2.70. The number of nitrogens with one attached hydrogen (secondary N) is 1. The molecule has 2 atom stereocenters. The average molecular weight is 364 g/mol. The minimum absolute atomic E-state index is 0.0559. The maximum absolute atomic E-state index is 13.2. The van der Waals surface area contributed by atoms with Crippen LogP contribution in [-0.4, -0.2) is 35.9 Å². The Bertz CT molecular complexity index is 847. The molecular weight excluding hydrogens is 340 g/mol. The molecule has 2 amide bonds. The van der Waals surface area contributed by atoms with Crippen LogP contribution in [0.25, 0.3) is 0 Å². The van der Waals surface area contributed by atoms with Gasteiger partial charge < -0.3 is 15.0 Å². The Labute approximate surface area is 159 Å². The second-order valence-corrected chi connectivity index (χ2v) is 7.07. The minimum atomic E-state index is -0.342. The van der Waals surface area contributed by atoms with Crippen LogP contribution >= 0.6 is 0 Å². The van der Waals surface area contributed by atoms with Gasteiger partial charge in [0, 0.05) is 23.8 Å². The Kier molecular flexibility index (Phi) is 4.84. The Balaban J connectivity index is 1.63. The molecule has 0 aliphatic carbocycles. The molecule has 4 rings (SSSR count). The summed E-state index contributed by atoms with van der Waals surface area (Å²) in [5, 5.41) is 3.04. The van der Waals surface area contributed by atoms with E-state index in [1.807, 2.05) is 60.4 Å². The van der Waals surface area contributed by atoms with E-state index in [9.17, 15) is 9.59 Å². The smallest absolute Gasteiger partial charge is 0.254 e. The van der Waals surface area contributed by atoms with Crippen molar-refractivity contribution in [3.8, 4) is 5.75 Å². The van der Waals surface area contributed by atoms with E-state index >= 15 is 0 Å². The van der Waals surface area contributed by atoms with Gasteiger partial charge in [-0.25, -0.2) is 0 Å². The van der Waals surface area contributed by atoms with Crippen molar-refractivity contribution in [2.75, 3.05) is 18.5 Å². The molecule has 1 fully saturated rings. The van der Waals surface area contributed by atoms with E-state index in [-0.39, 0.29) is 23.8 Å². The van der Waals surface area contributed by atoms with Gasteiger partial charge in [-0.3, -0.25) is 9.59 Å². The van der Waals surface area contributed by atoms with Crippen LogP contribution in [0.15, 0.2) is 48.5 Å². The summed E-state index contributed by atoms with van der Waals surface area (Å²) in [5.41, 5.74) is 2.23. The molecule has 5 heteroatoms. The van der Waals surface area contributed by atoms with Crippen LogP contribution in [0.4, 0.5) is 5.69 Å². The molecule has 0 unspecified atom stereocenters. The number of fused-ring (bicyclic) bond motifs is 2. The number of amides is 2. The molecule has 2 aromatic carbocycles. The van der Waals surface area contributed by atoms with Gasteiger partial charge in [0.2, 0.25) is 5.91 Å². The molecule has 140 valence electrons. The Morgan fingerprint density at radius 1 is 1.15 bits per heavy atom. The first-order chi connectivity index (χ1) is 13.2. The first-order valence-corrected chi connectivity index (χ1v) is 9.62. The first-order valence-electron chi connectivity index (χ1n) is 9.62. The van der Waals surface area contributed by atoms with E-state index in [0.717, 1.165) is 42.8 Å². The summed E-state index contributed by atoms with van der Waals surface area (Å²) in [6.07, 6.45) is 2.91. The van der Waals surface area contributed by atoms with Crippen molar-refractivity contribution in [2.24, 2.45) is 0 Å². The van der Waals surface area contributed by atoms with Crippen LogP contribution in [0.5, 0.6) is 5.75 Å². The zero-order chi connectivity index (χ0) is 18.8. The summed E-state index contributed by atoms with van der Waals surface area (Å²) >= 11 is 0. The minimum Gasteiger partial charge on any atom is -0.494 e. The fourth-order valence-corrected chi connectivity index (χ4v) is 4.22. The number of rotatable bonds is 4. The number of carbonyl (C=O) groups is 2. The molecule has 2 aromatic rings. The molecule has 2 aliphatic heterocycles. The molecule has 1 N–H and O–H groups in total. The highest BCUT2D eigenvalue weighted by atomic mass is 16.5. The van der Waals surface area contributed by atoms with E-state index < -0.39 is 0 Å². The quantitative estimate of drug-likeness (QED) is 0.897. The number of hydrogen-bond donors (Lipinski definition) is 1. The summed E-state index contributed by atoms with van der Waals surface area (Å²) < 4.78 is 5.45. The highest BCUT2D eigenvalue weighted by molar-refractivity contribution is 6.04. The summed E-state index contributed by atoms with van der Waals surface area (Å²) in [6.45, 7) is 3.27. The van der Waals surface area contributed by atoms with Crippen molar-refractivity contribution in [1.29, 1.82) is 0 Å². The molecule has 0 saturated carbocycles. The number of carbonyl (C=O) groups excluding carboxylic acids is 2. The third kappa shape index (κ3) is 3.29. The van der Waals surface area contributed by atoms with Gasteiger partial charge in [0.25, 0.3) is 5.91 Å². The number of hydrogen-bond acceptors (Lipinski definition) is 3. The number of benzene rings is 2. The highest BCUT2D eigenvalue weighted by Gasteiger charge is 2.43. The molecule has 2 heterocycles. The van der Waals surface area contributed by atoms with Gasteiger partial charge in [0.15, 0.2) is 0 Å². The van der Waals surface area contributed by atoms with Crippen LogP contribution in [0.3, 0.4) is 0 Å². The van der Waals surface area contributed by atoms with Gasteiger partial charge >= 0.3 is 0 Å². The summed E-state index contributed by atoms with van der Waals surface area (Å²) in [6, 6.07) is 14.9. The lowest BCUT2D eigenvalue weighted by atomic mass is 9.78. The zero-order valence-electron chi connectivity index (χ0n) is 15.5. The summed E-state index contributed by atoms with van der Waals surface area (Å²) in [5.74, 6) is 0.435. The lowest BCUT2D eigenvalue weighted by molar-refractivity contribution is -0.119. The lowest BCUT2D eigenvalue weighted by Crippen LogP contribution is -2.53. The topological polar surface area (TPSA) is 58.6 Å². The first kappa shape index (κ1) is 17.6. The molecule has 27 heavy (non-hydrogen) atoms. The van der Waals surface area contributed by atoms with Gasteiger partial charge in [0.05, 0.1) is 12.5 Å². The predicted molar refractivity (Wildman–Crippen MR) is 104 cm³/mol. The second kappa shape index (κ2) is 7.43. The summed E-state index contributed by atoms with van der Waals surface area (Å²) in [7, 11) is 0. The van der Waals surface area contributed by atoms with Crippen molar-refractivity contribution in [3.63, 3.8) is 0 Å². The maximum Gasteiger partial charge on any atom is 0.254 e. The Hall–Kier alpha value is -2.82. The number of piperidine rings is 1. The molecule has 0 bridgehead atoms. The van der Waals surface area contributed by atoms with E-state index in [4.69, 9.17) is 4.74 Å². The largest absolute Gasteiger partial charge is 0.494 e. The van der Waals surface area contributed by atoms with E-state index in [1.165, 1.54) is 0 Å². The number of anilines is 1. The van der Waals surface area contributed by atoms with Crippen LogP contribution in [0.1, 0.15) is 48.0 Å². The number of ether oxygens (including phenoxy) is 1. The van der Waals surface area contributed by atoms with Gasteiger partial charge in [-0.05, 0) is 62.1 Å². The molecule has 2 aliphatic rings. The molecule has 0 radical (unpaired) electrons. The third-order valence-corrected chi connectivity index (χ3v) is 5.44. The van der Waals surface area contributed by atoms with Crippen molar-refractivity contribution >= 4 is 17.5 Å².